The van der Waals surface area contributed by atoms with Crippen LogP contribution in [0.25, 0.3) is 0 Å². The molecule has 5 heteroatoms. The molecule has 0 aromatic heterocycles. The summed E-state index contributed by atoms with van der Waals surface area (Å²) in [6, 6.07) is 0. The van der Waals surface area contributed by atoms with E-state index in [1.165, 1.54) is 0 Å². The SMILES string of the molecule is COCOc1c(C)c(C)c(OCOC)c(Br)c1C. The summed E-state index contributed by atoms with van der Waals surface area (Å²) in [4.78, 5) is 0. The van der Waals surface area contributed by atoms with Gasteiger partial charge in [0, 0.05) is 19.8 Å². The lowest BCUT2D eigenvalue weighted by molar-refractivity contribution is 0.0467. The van der Waals surface area contributed by atoms with Gasteiger partial charge in [-0.25, -0.2) is 0 Å². The van der Waals surface area contributed by atoms with Crippen LogP contribution in [0.2, 0.25) is 0 Å². The molecule has 1 aromatic rings. The van der Waals surface area contributed by atoms with Crippen molar-refractivity contribution in [1.82, 2.24) is 0 Å². The Hall–Kier alpha value is -0.780. The van der Waals surface area contributed by atoms with Gasteiger partial charge in [0.2, 0.25) is 0 Å². The van der Waals surface area contributed by atoms with Crippen molar-refractivity contribution < 1.29 is 18.9 Å². The minimum atomic E-state index is 0.219. The Kier molecular flexibility index (Phi) is 5.91. The topological polar surface area (TPSA) is 36.9 Å². The van der Waals surface area contributed by atoms with E-state index in [1.54, 1.807) is 14.2 Å². The molecule has 1 aromatic carbocycles. The van der Waals surface area contributed by atoms with Gasteiger partial charge in [-0.2, -0.15) is 0 Å². The summed E-state index contributed by atoms with van der Waals surface area (Å²) < 4.78 is 21.9. The smallest absolute Gasteiger partial charge is 0.188 e. The van der Waals surface area contributed by atoms with E-state index in [4.69, 9.17) is 18.9 Å². The predicted molar refractivity (Wildman–Crippen MR) is 73.4 cm³/mol. The van der Waals surface area contributed by atoms with Gasteiger partial charge in [0.25, 0.3) is 0 Å². The van der Waals surface area contributed by atoms with Crippen LogP contribution >= 0.6 is 15.9 Å². The molecule has 0 saturated heterocycles. The van der Waals surface area contributed by atoms with Crippen LogP contribution in [0, 0.1) is 20.8 Å². The Morgan fingerprint density at radius 1 is 0.778 bits per heavy atom. The lowest BCUT2D eigenvalue weighted by Gasteiger charge is -2.19. The molecule has 0 fully saturated rings. The summed E-state index contributed by atoms with van der Waals surface area (Å²) in [6.45, 7) is 6.41. The highest BCUT2D eigenvalue weighted by atomic mass is 79.9. The van der Waals surface area contributed by atoms with E-state index in [2.05, 4.69) is 15.9 Å². The van der Waals surface area contributed by atoms with Crippen LogP contribution < -0.4 is 9.47 Å². The third kappa shape index (κ3) is 3.16. The minimum absolute atomic E-state index is 0.219. The first-order valence-corrected chi connectivity index (χ1v) is 6.36. The lowest BCUT2D eigenvalue weighted by atomic mass is 10.0. The molecule has 0 atom stereocenters. The molecule has 1 rings (SSSR count). The zero-order valence-electron chi connectivity index (χ0n) is 11.4. The molecule has 0 spiro atoms. The van der Waals surface area contributed by atoms with Crippen LogP contribution in [0.15, 0.2) is 4.47 Å². The van der Waals surface area contributed by atoms with Gasteiger partial charge in [-0.3, -0.25) is 0 Å². The largest absolute Gasteiger partial charge is 0.467 e. The van der Waals surface area contributed by atoms with Gasteiger partial charge in [-0.05, 0) is 47.8 Å². The standard InChI is InChI=1S/C13H19BrO4/c1-8-9(2)13(18-7-16-5)11(14)10(3)12(8)17-6-15-4/h6-7H2,1-5H3. The Balaban J connectivity index is 3.18. The van der Waals surface area contributed by atoms with Crippen molar-refractivity contribution >= 4 is 15.9 Å². The second-order valence-corrected chi connectivity index (χ2v) is 4.74. The Labute approximate surface area is 116 Å². The van der Waals surface area contributed by atoms with Gasteiger partial charge >= 0.3 is 0 Å². The average molecular weight is 319 g/mol. The average Bonchev–Trinajstić information content (AvgIpc) is 2.37. The summed E-state index contributed by atoms with van der Waals surface area (Å²) in [5, 5.41) is 0. The number of methoxy groups -OCH3 is 2. The molecule has 0 aliphatic carbocycles. The maximum Gasteiger partial charge on any atom is 0.188 e. The number of benzene rings is 1. The van der Waals surface area contributed by atoms with E-state index in [1.807, 2.05) is 20.8 Å². The van der Waals surface area contributed by atoms with Gasteiger partial charge in [-0.1, -0.05) is 0 Å². The number of halogens is 1. The molecule has 0 radical (unpaired) electrons. The van der Waals surface area contributed by atoms with Gasteiger partial charge in [-0.15, -0.1) is 0 Å². The number of rotatable bonds is 6. The van der Waals surface area contributed by atoms with Crippen molar-refractivity contribution in [2.45, 2.75) is 20.8 Å². The van der Waals surface area contributed by atoms with Gasteiger partial charge in [0.15, 0.2) is 13.6 Å². The molecule has 0 aliphatic rings. The summed E-state index contributed by atoms with van der Waals surface area (Å²) in [5.74, 6) is 1.61. The van der Waals surface area contributed by atoms with E-state index in [9.17, 15) is 0 Å². The molecular weight excluding hydrogens is 300 g/mol. The van der Waals surface area contributed by atoms with Crippen molar-refractivity contribution in [2.75, 3.05) is 27.8 Å². The van der Waals surface area contributed by atoms with Gasteiger partial charge < -0.3 is 18.9 Å². The molecule has 0 N–H and O–H groups in total. The maximum atomic E-state index is 5.60. The fourth-order valence-corrected chi connectivity index (χ4v) is 2.27. The van der Waals surface area contributed by atoms with Crippen LogP contribution in [0.4, 0.5) is 0 Å². The van der Waals surface area contributed by atoms with Crippen LogP contribution in [0.3, 0.4) is 0 Å². The van der Waals surface area contributed by atoms with Crippen LogP contribution in [0.5, 0.6) is 11.5 Å². The highest BCUT2D eigenvalue weighted by molar-refractivity contribution is 9.10. The molecule has 0 aliphatic heterocycles. The Morgan fingerprint density at radius 3 is 1.72 bits per heavy atom. The van der Waals surface area contributed by atoms with Crippen LogP contribution in [-0.2, 0) is 9.47 Å². The first-order valence-electron chi connectivity index (χ1n) is 5.57. The predicted octanol–water partition coefficient (Wildman–Crippen LogP) is 3.34. The first kappa shape index (κ1) is 15.3. The molecule has 4 nitrogen and oxygen atoms in total. The number of ether oxygens (including phenoxy) is 4. The van der Waals surface area contributed by atoms with Crippen LogP contribution in [0.1, 0.15) is 16.7 Å². The molecule has 0 amide bonds. The Bertz CT molecular complexity index is 350. The van der Waals surface area contributed by atoms with E-state index in [-0.39, 0.29) is 13.6 Å². The normalized spacial score (nSPS) is 10.6. The molecule has 0 unspecified atom stereocenters. The lowest BCUT2D eigenvalue weighted by Crippen LogP contribution is -2.07. The van der Waals surface area contributed by atoms with Crippen LogP contribution in [-0.4, -0.2) is 27.8 Å². The van der Waals surface area contributed by atoms with Gasteiger partial charge in [0.1, 0.15) is 11.5 Å². The fraction of sp³-hybridized carbons (Fsp3) is 0.538. The minimum Gasteiger partial charge on any atom is -0.467 e. The third-order valence-electron chi connectivity index (χ3n) is 2.76. The molecule has 0 bridgehead atoms. The summed E-state index contributed by atoms with van der Waals surface area (Å²) in [6.07, 6.45) is 0. The van der Waals surface area contributed by atoms with Crippen molar-refractivity contribution in [3.63, 3.8) is 0 Å². The van der Waals surface area contributed by atoms with Crippen molar-refractivity contribution in [1.29, 1.82) is 0 Å². The quantitative estimate of drug-likeness (QED) is 0.754. The molecule has 102 valence electrons. The highest BCUT2D eigenvalue weighted by Gasteiger charge is 2.18. The zero-order chi connectivity index (χ0) is 13.7. The maximum absolute atomic E-state index is 5.60. The fourth-order valence-electron chi connectivity index (χ4n) is 1.68. The second-order valence-electron chi connectivity index (χ2n) is 3.95. The second kappa shape index (κ2) is 6.97. The summed E-state index contributed by atoms with van der Waals surface area (Å²) in [5.41, 5.74) is 3.05. The van der Waals surface area contributed by atoms with E-state index in [0.29, 0.717) is 0 Å². The first-order chi connectivity index (χ1) is 8.54. The zero-order valence-corrected chi connectivity index (χ0v) is 13.0. The highest BCUT2D eigenvalue weighted by Crippen LogP contribution is 2.41. The van der Waals surface area contributed by atoms with E-state index in [0.717, 1.165) is 32.7 Å². The number of hydrogen-bond acceptors (Lipinski definition) is 4. The van der Waals surface area contributed by atoms with E-state index < -0.39 is 0 Å². The molecule has 0 heterocycles. The Morgan fingerprint density at radius 2 is 1.22 bits per heavy atom. The number of hydrogen-bond donors (Lipinski definition) is 0. The van der Waals surface area contributed by atoms with Crippen molar-refractivity contribution in [2.24, 2.45) is 0 Å². The molecule has 0 saturated carbocycles. The summed E-state index contributed by atoms with van der Waals surface area (Å²) >= 11 is 3.54. The van der Waals surface area contributed by atoms with E-state index >= 15 is 0 Å². The molecule has 18 heavy (non-hydrogen) atoms. The van der Waals surface area contributed by atoms with Gasteiger partial charge in [0.05, 0.1) is 4.47 Å². The molecular formula is C13H19BrO4. The van der Waals surface area contributed by atoms with Crippen molar-refractivity contribution in [3.05, 3.63) is 21.2 Å². The van der Waals surface area contributed by atoms with Crippen molar-refractivity contribution in [3.8, 4) is 11.5 Å². The summed E-state index contributed by atoms with van der Waals surface area (Å²) in [7, 11) is 3.20. The third-order valence-corrected chi connectivity index (χ3v) is 3.71. The monoisotopic (exact) mass is 318 g/mol.